The van der Waals surface area contributed by atoms with Gasteiger partial charge in [-0.15, -0.1) is 6.58 Å². The van der Waals surface area contributed by atoms with Crippen LogP contribution in [0.5, 0.6) is 0 Å². The Morgan fingerprint density at radius 1 is 1.43 bits per heavy atom. The fraction of sp³-hybridized carbons (Fsp3) is 0.692. The smallest absolute Gasteiger partial charge is 0.0276 e. The molecule has 1 N–H and O–H groups in total. The van der Waals surface area contributed by atoms with E-state index in [-0.39, 0.29) is 0 Å². The molecule has 0 aliphatic carbocycles. The van der Waals surface area contributed by atoms with Gasteiger partial charge in [-0.1, -0.05) is 24.1 Å². The van der Waals surface area contributed by atoms with Crippen LogP contribution in [0.4, 0.5) is 0 Å². The number of nitrogens with one attached hydrogen (secondary N) is 1. The van der Waals surface area contributed by atoms with E-state index in [9.17, 15) is 0 Å². The van der Waals surface area contributed by atoms with Gasteiger partial charge in [0.25, 0.3) is 0 Å². The number of hydrogen-bond acceptors (Lipinski definition) is 1. The van der Waals surface area contributed by atoms with Crippen molar-refractivity contribution < 1.29 is 0 Å². The molecule has 0 unspecified atom stereocenters. The first kappa shape index (κ1) is 11.5. The Morgan fingerprint density at radius 3 is 2.93 bits per heavy atom. The van der Waals surface area contributed by atoms with Crippen molar-refractivity contribution in [2.45, 2.75) is 51.5 Å². The molecule has 1 heterocycles. The van der Waals surface area contributed by atoms with Crippen LogP contribution in [0, 0.1) is 0 Å². The normalized spacial score (nSPS) is 23.5. The lowest BCUT2D eigenvalue weighted by Crippen LogP contribution is -2.34. The molecule has 1 rings (SSSR count). The van der Waals surface area contributed by atoms with Gasteiger partial charge in [0.15, 0.2) is 0 Å². The molecule has 1 saturated heterocycles. The quantitative estimate of drug-likeness (QED) is 0.521. The second-order valence-electron chi connectivity index (χ2n) is 4.17. The van der Waals surface area contributed by atoms with Crippen molar-refractivity contribution in [3.63, 3.8) is 0 Å². The van der Waals surface area contributed by atoms with Gasteiger partial charge in [0.2, 0.25) is 0 Å². The predicted octanol–water partition coefficient (Wildman–Crippen LogP) is 3.43. The first-order chi connectivity index (χ1) is 6.84. The van der Waals surface area contributed by atoms with Crippen molar-refractivity contribution in [2.75, 3.05) is 6.54 Å². The zero-order chi connectivity index (χ0) is 10.2. The van der Waals surface area contributed by atoms with E-state index in [4.69, 9.17) is 0 Å². The fourth-order valence-corrected chi connectivity index (χ4v) is 1.97. The Bertz CT molecular complexity index is 187. The number of rotatable bonds is 5. The van der Waals surface area contributed by atoms with E-state index in [1.54, 1.807) is 0 Å². The van der Waals surface area contributed by atoms with Crippen LogP contribution in [0.15, 0.2) is 24.3 Å². The lowest BCUT2D eigenvalue weighted by Gasteiger charge is -2.24. The minimum Gasteiger partial charge on any atom is -0.310 e. The molecule has 80 valence electrons. The van der Waals surface area contributed by atoms with Gasteiger partial charge in [0.1, 0.15) is 0 Å². The molecule has 0 saturated carbocycles. The molecule has 0 aromatic heterocycles. The van der Waals surface area contributed by atoms with Gasteiger partial charge in [0.05, 0.1) is 0 Å². The highest BCUT2D eigenvalue weighted by Crippen LogP contribution is 2.15. The van der Waals surface area contributed by atoms with E-state index < -0.39 is 0 Å². The molecule has 0 bridgehead atoms. The zero-order valence-corrected chi connectivity index (χ0v) is 9.39. The maximum atomic E-state index is 3.73. The largest absolute Gasteiger partial charge is 0.310 e. The Morgan fingerprint density at radius 2 is 2.29 bits per heavy atom. The number of piperidine rings is 1. The summed E-state index contributed by atoms with van der Waals surface area (Å²) < 4.78 is 0. The van der Waals surface area contributed by atoms with E-state index in [2.05, 4.69) is 24.9 Å². The molecule has 14 heavy (non-hydrogen) atoms. The number of unbranched alkanes of at least 4 members (excludes halogenated alkanes) is 2. The summed E-state index contributed by atoms with van der Waals surface area (Å²) >= 11 is 0. The second kappa shape index (κ2) is 6.83. The second-order valence-corrected chi connectivity index (χ2v) is 4.17. The number of hydrogen-bond donors (Lipinski definition) is 1. The lowest BCUT2D eigenvalue weighted by atomic mass is 9.97. The summed E-state index contributed by atoms with van der Waals surface area (Å²) in [5.41, 5.74) is 1.54. The Labute approximate surface area is 88.3 Å². The molecule has 0 aromatic rings. The highest BCUT2D eigenvalue weighted by molar-refractivity contribution is 5.08. The lowest BCUT2D eigenvalue weighted by molar-refractivity contribution is 0.439. The van der Waals surface area contributed by atoms with Crippen molar-refractivity contribution in [2.24, 2.45) is 0 Å². The van der Waals surface area contributed by atoms with Gasteiger partial charge in [0, 0.05) is 6.04 Å². The van der Waals surface area contributed by atoms with Crippen molar-refractivity contribution in [3.8, 4) is 0 Å². The minimum absolute atomic E-state index is 0.660. The van der Waals surface area contributed by atoms with E-state index in [1.165, 1.54) is 44.2 Å². The first-order valence-corrected chi connectivity index (χ1v) is 5.85. The highest BCUT2D eigenvalue weighted by atomic mass is 14.9. The SMILES string of the molecule is C=CCCC/C=C(\C)[C@@H]1CCCCN1. The van der Waals surface area contributed by atoms with E-state index in [1.807, 2.05) is 6.08 Å². The molecule has 1 nitrogen and oxygen atoms in total. The molecule has 1 aliphatic rings. The third-order valence-corrected chi connectivity index (χ3v) is 2.94. The van der Waals surface area contributed by atoms with Crippen LogP contribution < -0.4 is 5.32 Å². The molecule has 1 fully saturated rings. The Hall–Kier alpha value is -0.560. The summed E-state index contributed by atoms with van der Waals surface area (Å²) in [4.78, 5) is 0. The van der Waals surface area contributed by atoms with Gasteiger partial charge in [-0.05, 0) is 45.6 Å². The van der Waals surface area contributed by atoms with Crippen molar-refractivity contribution in [1.82, 2.24) is 5.32 Å². The van der Waals surface area contributed by atoms with Crippen LogP contribution in [0.25, 0.3) is 0 Å². The van der Waals surface area contributed by atoms with Crippen LogP contribution in [-0.4, -0.2) is 12.6 Å². The molecule has 1 aliphatic heterocycles. The summed E-state index contributed by atoms with van der Waals surface area (Å²) in [6.07, 6.45) is 12.0. The van der Waals surface area contributed by atoms with Gasteiger partial charge in [-0.2, -0.15) is 0 Å². The minimum atomic E-state index is 0.660. The monoisotopic (exact) mass is 193 g/mol. The average Bonchev–Trinajstić information content (AvgIpc) is 2.25. The first-order valence-electron chi connectivity index (χ1n) is 5.85. The predicted molar refractivity (Wildman–Crippen MR) is 63.4 cm³/mol. The third kappa shape index (κ3) is 4.10. The molecular formula is C13H23N. The maximum Gasteiger partial charge on any atom is 0.0276 e. The topological polar surface area (TPSA) is 12.0 Å². The third-order valence-electron chi connectivity index (χ3n) is 2.94. The molecule has 0 aromatic carbocycles. The van der Waals surface area contributed by atoms with Crippen LogP contribution in [0.1, 0.15) is 45.4 Å². The highest BCUT2D eigenvalue weighted by Gasteiger charge is 2.12. The van der Waals surface area contributed by atoms with Gasteiger partial charge >= 0.3 is 0 Å². The van der Waals surface area contributed by atoms with Gasteiger partial charge in [-0.25, -0.2) is 0 Å². The number of allylic oxidation sites excluding steroid dienone is 2. The summed E-state index contributed by atoms with van der Waals surface area (Å²) in [5, 5.41) is 3.57. The summed E-state index contributed by atoms with van der Waals surface area (Å²) in [7, 11) is 0. The van der Waals surface area contributed by atoms with Crippen molar-refractivity contribution in [1.29, 1.82) is 0 Å². The summed E-state index contributed by atoms with van der Waals surface area (Å²) in [6.45, 7) is 7.19. The van der Waals surface area contributed by atoms with Crippen LogP contribution >= 0.6 is 0 Å². The van der Waals surface area contributed by atoms with Crippen molar-refractivity contribution in [3.05, 3.63) is 24.3 Å². The molecule has 0 amide bonds. The fourth-order valence-electron chi connectivity index (χ4n) is 1.97. The van der Waals surface area contributed by atoms with Crippen LogP contribution in [0.2, 0.25) is 0 Å². The maximum absolute atomic E-state index is 3.73. The van der Waals surface area contributed by atoms with E-state index in [0.29, 0.717) is 6.04 Å². The van der Waals surface area contributed by atoms with Crippen molar-refractivity contribution >= 4 is 0 Å². The molecular weight excluding hydrogens is 170 g/mol. The van der Waals surface area contributed by atoms with E-state index >= 15 is 0 Å². The molecule has 1 atom stereocenters. The zero-order valence-electron chi connectivity index (χ0n) is 9.39. The van der Waals surface area contributed by atoms with Gasteiger partial charge in [-0.3, -0.25) is 0 Å². The van der Waals surface area contributed by atoms with E-state index in [0.717, 1.165) is 6.42 Å². The average molecular weight is 193 g/mol. The molecule has 1 heteroatoms. The standard InChI is InChI=1S/C13H23N/c1-3-4-5-6-9-12(2)13-10-7-8-11-14-13/h3,9,13-14H,1,4-8,10-11H2,2H3/b12-9+/t13-/m0/s1. The van der Waals surface area contributed by atoms with Crippen LogP contribution in [0.3, 0.4) is 0 Å². The molecule has 0 spiro atoms. The van der Waals surface area contributed by atoms with Gasteiger partial charge < -0.3 is 5.32 Å². The summed E-state index contributed by atoms with van der Waals surface area (Å²) in [5.74, 6) is 0. The molecule has 0 radical (unpaired) electrons. The van der Waals surface area contributed by atoms with Crippen LogP contribution in [-0.2, 0) is 0 Å². The Balaban J connectivity index is 2.23. The summed E-state index contributed by atoms with van der Waals surface area (Å²) in [6, 6.07) is 0.660. The Kier molecular flexibility index (Phi) is 5.62.